The van der Waals surface area contributed by atoms with Crippen LogP contribution in [0, 0.1) is 11.7 Å². The number of hydrogen-bond donors (Lipinski definition) is 0. The van der Waals surface area contributed by atoms with E-state index >= 15 is 0 Å². The van der Waals surface area contributed by atoms with Gasteiger partial charge in [-0.15, -0.1) is 0 Å². The Kier molecular flexibility index (Phi) is 7.20. The Morgan fingerprint density at radius 1 is 1.36 bits per heavy atom. The number of nitrogens with zero attached hydrogens (tertiary/aromatic N) is 4. The number of amides is 1. The summed E-state index contributed by atoms with van der Waals surface area (Å²) in [7, 11) is 0. The zero-order valence-corrected chi connectivity index (χ0v) is 17.0. The average molecular weight is 387 g/mol. The van der Waals surface area contributed by atoms with Crippen LogP contribution in [0.25, 0.3) is 0 Å². The third kappa shape index (κ3) is 5.41. The van der Waals surface area contributed by atoms with Gasteiger partial charge in [-0.2, -0.15) is 5.10 Å². The van der Waals surface area contributed by atoms with Crippen LogP contribution in [0.2, 0.25) is 0 Å². The molecule has 1 amide bonds. The molecule has 0 N–H and O–H groups in total. The first kappa shape index (κ1) is 20.5. The Morgan fingerprint density at radius 3 is 2.93 bits per heavy atom. The number of hydrogen-bond acceptors (Lipinski definition) is 3. The van der Waals surface area contributed by atoms with Crippen molar-refractivity contribution in [2.75, 3.05) is 32.7 Å². The van der Waals surface area contributed by atoms with Gasteiger partial charge in [0.1, 0.15) is 5.82 Å². The smallest absolute Gasteiger partial charge is 0.257 e. The Bertz CT molecular complexity index is 775. The molecule has 5 nitrogen and oxygen atoms in total. The summed E-state index contributed by atoms with van der Waals surface area (Å²) in [5, 5.41) is 4.22. The number of piperidine rings is 1. The molecule has 1 atom stereocenters. The fourth-order valence-corrected chi connectivity index (χ4v) is 3.98. The van der Waals surface area contributed by atoms with Crippen molar-refractivity contribution in [3.63, 3.8) is 0 Å². The summed E-state index contributed by atoms with van der Waals surface area (Å²) in [6.45, 7) is 9.30. The van der Waals surface area contributed by atoms with Gasteiger partial charge in [0.15, 0.2) is 0 Å². The van der Waals surface area contributed by atoms with Crippen LogP contribution in [0.4, 0.5) is 4.39 Å². The van der Waals surface area contributed by atoms with E-state index < -0.39 is 0 Å². The molecule has 0 unspecified atom stereocenters. The van der Waals surface area contributed by atoms with Gasteiger partial charge in [0.25, 0.3) is 5.91 Å². The van der Waals surface area contributed by atoms with Gasteiger partial charge in [0, 0.05) is 38.9 Å². The summed E-state index contributed by atoms with van der Waals surface area (Å²) in [6, 6.07) is 6.87. The number of aromatic nitrogens is 2. The molecule has 1 saturated heterocycles. The van der Waals surface area contributed by atoms with Crippen molar-refractivity contribution in [3.05, 3.63) is 53.6 Å². The second kappa shape index (κ2) is 9.82. The lowest BCUT2D eigenvalue weighted by atomic mass is 9.96. The van der Waals surface area contributed by atoms with Gasteiger partial charge in [0.05, 0.1) is 11.8 Å². The highest BCUT2D eigenvalue weighted by Gasteiger charge is 2.24. The Morgan fingerprint density at radius 2 is 2.21 bits per heavy atom. The lowest BCUT2D eigenvalue weighted by Gasteiger charge is -2.35. The lowest BCUT2D eigenvalue weighted by molar-refractivity contribution is 0.0690. The predicted molar refractivity (Wildman–Crippen MR) is 109 cm³/mol. The minimum Gasteiger partial charge on any atom is -0.339 e. The monoisotopic (exact) mass is 386 g/mol. The van der Waals surface area contributed by atoms with E-state index in [4.69, 9.17) is 0 Å². The Balaban J connectivity index is 1.53. The third-order valence-electron chi connectivity index (χ3n) is 5.56. The normalized spacial score (nSPS) is 17.6. The number of benzene rings is 1. The number of aryl methyl sites for hydroxylation is 1. The molecule has 28 heavy (non-hydrogen) atoms. The molecular weight excluding hydrogens is 355 g/mol. The van der Waals surface area contributed by atoms with Crippen LogP contribution in [-0.4, -0.2) is 58.2 Å². The van der Waals surface area contributed by atoms with Crippen LogP contribution in [0.15, 0.2) is 36.7 Å². The van der Waals surface area contributed by atoms with Gasteiger partial charge < -0.3 is 9.80 Å². The van der Waals surface area contributed by atoms with Crippen LogP contribution >= 0.6 is 0 Å². The van der Waals surface area contributed by atoms with Crippen molar-refractivity contribution >= 4 is 5.91 Å². The first-order valence-corrected chi connectivity index (χ1v) is 10.4. The van der Waals surface area contributed by atoms with E-state index in [2.05, 4.69) is 10.00 Å². The molecule has 0 aliphatic carbocycles. The number of carbonyl (C=O) groups is 1. The van der Waals surface area contributed by atoms with Crippen molar-refractivity contribution in [1.29, 1.82) is 0 Å². The largest absolute Gasteiger partial charge is 0.339 e. The molecule has 1 aliphatic rings. The van der Waals surface area contributed by atoms with Gasteiger partial charge in [-0.25, -0.2) is 4.39 Å². The molecule has 0 radical (unpaired) electrons. The van der Waals surface area contributed by atoms with E-state index in [0.717, 1.165) is 57.5 Å². The molecule has 1 aromatic heterocycles. The number of halogens is 1. The van der Waals surface area contributed by atoms with E-state index in [-0.39, 0.29) is 11.7 Å². The molecule has 6 heteroatoms. The van der Waals surface area contributed by atoms with E-state index in [9.17, 15) is 9.18 Å². The van der Waals surface area contributed by atoms with Gasteiger partial charge in [0.2, 0.25) is 0 Å². The SMILES string of the molecule is CCN(C[C@H]1CCCN(CCc2cccc(F)c2)C1)C(=O)c1cnn(CC)c1. The second-order valence-corrected chi connectivity index (χ2v) is 7.62. The minimum atomic E-state index is -0.169. The fourth-order valence-electron chi connectivity index (χ4n) is 3.98. The molecule has 3 rings (SSSR count). The fraction of sp³-hybridized carbons (Fsp3) is 0.545. The molecule has 0 bridgehead atoms. The van der Waals surface area contributed by atoms with Crippen molar-refractivity contribution in [3.8, 4) is 0 Å². The van der Waals surface area contributed by atoms with E-state index in [0.29, 0.717) is 18.0 Å². The summed E-state index contributed by atoms with van der Waals surface area (Å²) in [5.41, 5.74) is 1.71. The average Bonchev–Trinajstić information content (AvgIpc) is 3.20. The minimum absolute atomic E-state index is 0.0686. The number of likely N-dealkylation sites (tertiary alicyclic amines) is 1. The Hall–Kier alpha value is -2.21. The van der Waals surface area contributed by atoms with Crippen molar-refractivity contribution in [1.82, 2.24) is 19.6 Å². The molecule has 1 aliphatic heterocycles. The third-order valence-corrected chi connectivity index (χ3v) is 5.56. The quantitative estimate of drug-likeness (QED) is 0.698. The molecule has 2 aromatic rings. The van der Waals surface area contributed by atoms with Crippen molar-refractivity contribution < 1.29 is 9.18 Å². The van der Waals surface area contributed by atoms with Gasteiger partial charge in [-0.1, -0.05) is 12.1 Å². The molecule has 152 valence electrons. The van der Waals surface area contributed by atoms with E-state index in [1.54, 1.807) is 23.0 Å². The number of carbonyl (C=O) groups excluding carboxylic acids is 1. The van der Waals surface area contributed by atoms with Crippen LogP contribution in [0.3, 0.4) is 0 Å². The molecule has 2 heterocycles. The summed E-state index contributed by atoms with van der Waals surface area (Å²) >= 11 is 0. The summed E-state index contributed by atoms with van der Waals surface area (Å²) in [6.07, 6.45) is 6.65. The molecule has 1 fully saturated rings. The van der Waals surface area contributed by atoms with Crippen LogP contribution in [0.1, 0.15) is 42.6 Å². The standard InChI is InChI=1S/C22H31FN4O/c1-3-26(22(28)20-14-24-27(4-2)17-20)16-19-8-6-11-25(15-19)12-10-18-7-5-9-21(23)13-18/h5,7,9,13-14,17,19H,3-4,6,8,10-12,15-16H2,1-2H3/t19-/m0/s1. The summed E-state index contributed by atoms with van der Waals surface area (Å²) in [4.78, 5) is 17.2. The highest BCUT2D eigenvalue weighted by molar-refractivity contribution is 5.93. The summed E-state index contributed by atoms with van der Waals surface area (Å²) < 4.78 is 15.1. The molecule has 0 spiro atoms. The van der Waals surface area contributed by atoms with Crippen molar-refractivity contribution in [2.45, 2.75) is 39.7 Å². The van der Waals surface area contributed by atoms with Gasteiger partial charge in [-0.05, 0) is 63.3 Å². The maximum atomic E-state index is 13.4. The maximum Gasteiger partial charge on any atom is 0.257 e. The van der Waals surface area contributed by atoms with E-state index in [1.807, 2.05) is 31.0 Å². The topological polar surface area (TPSA) is 41.4 Å². The highest BCUT2D eigenvalue weighted by atomic mass is 19.1. The van der Waals surface area contributed by atoms with E-state index in [1.165, 1.54) is 6.07 Å². The summed E-state index contributed by atoms with van der Waals surface area (Å²) in [5.74, 6) is 0.378. The Labute approximate surface area is 167 Å². The van der Waals surface area contributed by atoms with Crippen LogP contribution in [-0.2, 0) is 13.0 Å². The zero-order valence-electron chi connectivity index (χ0n) is 17.0. The van der Waals surface area contributed by atoms with Gasteiger partial charge in [-0.3, -0.25) is 9.48 Å². The second-order valence-electron chi connectivity index (χ2n) is 7.62. The maximum absolute atomic E-state index is 13.4. The van der Waals surface area contributed by atoms with Crippen LogP contribution < -0.4 is 0 Å². The predicted octanol–water partition coefficient (Wildman–Crippen LogP) is 3.46. The van der Waals surface area contributed by atoms with Gasteiger partial charge >= 0.3 is 0 Å². The van der Waals surface area contributed by atoms with Crippen molar-refractivity contribution in [2.24, 2.45) is 5.92 Å². The lowest BCUT2D eigenvalue weighted by Crippen LogP contribution is -2.43. The first-order valence-electron chi connectivity index (χ1n) is 10.4. The zero-order chi connectivity index (χ0) is 19.9. The van der Waals surface area contributed by atoms with Crippen LogP contribution in [0.5, 0.6) is 0 Å². The molecule has 1 aromatic carbocycles. The molecule has 0 saturated carbocycles. The number of rotatable bonds is 8. The molecular formula is C22H31FN4O. The highest BCUT2D eigenvalue weighted by Crippen LogP contribution is 2.19. The first-order chi connectivity index (χ1) is 13.6.